The van der Waals surface area contributed by atoms with Gasteiger partial charge in [0.05, 0.1) is 19.3 Å². The van der Waals surface area contributed by atoms with Gasteiger partial charge in [0.1, 0.15) is 11.0 Å². The molecule has 0 radical (unpaired) electrons. The first-order chi connectivity index (χ1) is 7.70. The van der Waals surface area contributed by atoms with Crippen molar-refractivity contribution in [2.45, 2.75) is 26.3 Å². The first kappa shape index (κ1) is 11.7. The Kier molecular flexibility index (Phi) is 3.66. The molecule has 4 heteroatoms. The van der Waals surface area contributed by atoms with Crippen LogP contribution in [0.25, 0.3) is 0 Å². The summed E-state index contributed by atoms with van der Waals surface area (Å²) < 4.78 is 5.42. The van der Waals surface area contributed by atoms with Gasteiger partial charge in [-0.2, -0.15) is 0 Å². The summed E-state index contributed by atoms with van der Waals surface area (Å²) >= 11 is 6.03. The highest BCUT2D eigenvalue weighted by atomic mass is 35.5. The van der Waals surface area contributed by atoms with Gasteiger partial charge < -0.3 is 9.64 Å². The molecule has 0 spiro atoms. The normalized spacial score (nSPS) is 21.2. The summed E-state index contributed by atoms with van der Waals surface area (Å²) in [6, 6.07) is 4.41. The summed E-state index contributed by atoms with van der Waals surface area (Å²) in [7, 11) is 0. The highest BCUT2D eigenvalue weighted by Gasteiger charge is 2.20. The standard InChI is InChI=1S/C12H17ClN2O/c1-3-10-6-11(13)14-12(7-10)15-4-5-16-8-9(15)2/h6-7,9H,3-5,8H2,1-2H3/t9-/m1/s1. The van der Waals surface area contributed by atoms with Crippen LogP contribution in [0.2, 0.25) is 5.15 Å². The van der Waals surface area contributed by atoms with Crippen molar-refractivity contribution in [2.24, 2.45) is 0 Å². The first-order valence-corrected chi connectivity index (χ1v) is 6.09. The Morgan fingerprint density at radius 2 is 2.38 bits per heavy atom. The van der Waals surface area contributed by atoms with E-state index in [1.807, 2.05) is 6.07 Å². The number of ether oxygens (including phenoxy) is 1. The van der Waals surface area contributed by atoms with Gasteiger partial charge in [-0.05, 0) is 31.0 Å². The molecular formula is C12H17ClN2O. The second-order valence-corrected chi connectivity index (χ2v) is 4.51. The van der Waals surface area contributed by atoms with Crippen LogP contribution in [-0.4, -0.2) is 30.8 Å². The average molecular weight is 241 g/mol. The number of hydrogen-bond acceptors (Lipinski definition) is 3. The van der Waals surface area contributed by atoms with E-state index in [-0.39, 0.29) is 0 Å². The molecule has 1 fully saturated rings. The van der Waals surface area contributed by atoms with Crippen molar-refractivity contribution >= 4 is 17.4 Å². The summed E-state index contributed by atoms with van der Waals surface area (Å²) in [6.07, 6.45) is 0.980. The van der Waals surface area contributed by atoms with E-state index in [0.29, 0.717) is 11.2 Å². The van der Waals surface area contributed by atoms with Crippen LogP contribution in [0.15, 0.2) is 12.1 Å². The maximum Gasteiger partial charge on any atom is 0.131 e. The summed E-state index contributed by atoms with van der Waals surface area (Å²) in [5.74, 6) is 0.972. The molecular weight excluding hydrogens is 224 g/mol. The number of halogens is 1. The number of rotatable bonds is 2. The lowest BCUT2D eigenvalue weighted by Gasteiger charge is -2.34. The van der Waals surface area contributed by atoms with Gasteiger partial charge in [-0.25, -0.2) is 4.98 Å². The van der Waals surface area contributed by atoms with E-state index in [2.05, 4.69) is 29.8 Å². The number of anilines is 1. The Labute approximate surface area is 101 Å². The molecule has 88 valence electrons. The minimum absolute atomic E-state index is 0.365. The smallest absolute Gasteiger partial charge is 0.131 e. The van der Waals surface area contributed by atoms with Crippen LogP contribution in [0.5, 0.6) is 0 Å². The molecule has 0 amide bonds. The Balaban J connectivity index is 2.27. The van der Waals surface area contributed by atoms with Crippen LogP contribution in [0.3, 0.4) is 0 Å². The minimum Gasteiger partial charge on any atom is -0.377 e. The van der Waals surface area contributed by atoms with E-state index in [1.165, 1.54) is 5.56 Å². The number of morpholine rings is 1. The number of aryl methyl sites for hydroxylation is 1. The lowest BCUT2D eigenvalue weighted by atomic mass is 10.2. The van der Waals surface area contributed by atoms with Gasteiger partial charge in [-0.15, -0.1) is 0 Å². The molecule has 1 aromatic rings. The van der Waals surface area contributed by atoms with Crippen molar-refractivity contribution in [3.8, 4) is 0 Å². The van der Waals surface area contributed by atoms with Crippen LogP contribution in [0, 0.1) is 0 Å². The third kappa shape index (κ3) is 2.47. The first-order valence-electron chi connectivity index (χ1n) is 5.71. The number of pyridine rings is 1. The Morgan fingerprint density at radius 3 is 3.06 bits per heavy atom. The predicted molar refractivity (Wildman–Crippen MR) is 66.3 cm³/mol. The lowest BCUT2D eigenvalue weighted by Crippen LogP contribution is -2.44. The fourth-order valence-corrected chi connectivity index (χ4v) is 2.18. The van der Waals surface area contributed by atoms with Crippen LogP contribution < -0.4 is 4.90 Å². The molecule has 1 aliphatic heterocycles. The van der Waals surface area contributed by atoms with E-state index in [9.17, 15) is 0 Å². The molecule has 2 heterocycles. The molecule has 0 bridgehead atoms. The zero-order chi connectivity index (χ0) is 11.5. The largest absolute Gasteiger partial charge is 0.377 e. The van der Waals surface area contributed by atoms with E-state index in [0.717, 1.165) is 32.0 Å². The van der Waals surface area contributed by atoms with E-state index in [1.54, 1.807) is 0 Å². The third-order valence-corrected chi connectivity index (χ3v) is 3.10. The Morgan fingerprint density at radius 1 is 1.56 bits per heavy atom. The van der Waals surface area contributed by atoms with E-state index >= 15 is 0 Å². The predicted octanol–water partition coefficient (Wildman–Crippen LogP) is 2.52. The Hall–Kier alpha value is -0.800. The topological polar surface area (TPSA) is 25.4 Å². The van der Waals surface area contributed by atoms with Gasteiger partial charge in [0, 0.05) is 6.54 Å². The molecule has 0 aliphatic carbocycles. The molecule has 1 aromatic heterocycles. The lowest BCUT2D eigenvalue weighted by molar-refractivity contribution is 0.0985. The minimum atomic E-state index is 0.365. The van der Waals surface area contributed by atoms with Crippen molar-refractivity contribution in [1.82, 2.24) is 4.98 Å². The number of aromatic nitrogens is 1. The van der Waals surface area contributed by atoms with Crippen molar-refractivity contribution < 1.29 is 4.74 Å². The van der Waals surface area contributed by atoms with Crippen molar-refractivity contribution in [3.05, 3.63) is 22.8 Å². The zero-order valence-corrected chi connectivity index (χ0v) is 10.5. The molecule has 1 atom stereocenters. The van der Waals surface area contributed by atoms with Gasteiger partial charge in [0.2, 0.25) is 0 Å². The van der Waals surface area contributed by atoms with Crippen LogP contribution >= 0.6 is 11.6 Å². The summed E-state index contributed by atoms with van der Waals surface area (Å²) in [6.45, 7) is 6.68. The molecule has 2 rings (SSSR count). The Bertz CT molecular complexity index is 370. The second kappa shape index (κ2) is 5.02. The molecule has 0 N–H and O–H groups in total. The summed E-state index contributed by atoms with van der Waals surface area (Å²) in [5.41, 5.74) is 1.23. The molecule has 0 saturated carbocycles. The van der Waals surface area contributed by atoms with Gasteiger partial charge in [-0.1, -0.05) is 18.5 Å². The summed E-state index contributed by atoms with van der Waals surface area (Å²) in [4.78, 5) is 6.65. The fourth-order valence-electron chi connectivity index (χ4n) is 1.95. The van der Waals surface area contributed by atoms with Gasteiger partial charge in [0.15, 0.2) is 0 Å². The second-order valence-electron chi connectivity index (χ2n) is 4.13. The number of nitrogens with zero attached hydrogens (tertiary/aromatic N) is 2. The maximum atomic E-state index is 6.03. The van der Waals surface area contributed by atoms with Crippen molar-refractivity contribution in [3.63, 3.8) is 0 Å². The van der Waals surface area contributed by atoms with Gasteiger partial charge in [-0.3, -0.25) is 0 Å². The highest BCUT2D eigenvalue weighted by Crippen LogP contribution is 2.21. The molecule has 16 heavy (non-hydrogen) atoms. The molecule has 0 aromatic carbocycles. The third-order valence-electron chi connectivity index (χ3n) is 2.91. The van der Waals surface area contributed by atoms with Crippen LogP contribution in [0.4, 0.5) is 5.82 Å². The average Bonchev–Trinajstić information content (AvgIpc) is 2.28. The van der Waals surface area contributed by atoms with Gasteiger partial charge in [0.25, 0.3) is 0 Å². The monoisotopic (exact) mass is 240 g/mol. The molecule has 1 aliphatic rings. The zero-order valence-electron chi connectivity index (χ0n) is 9.74. The van der Waals surface area contributed by atoms with E-state index in [4.69, 9.17) is 16.3 Å². The fraction of sp³-hybridized carbons (Fsp3) is 0.583. The van der Waals surface area contributed by atoms with Crippen molar-refractivity contribution in [1.29, 1.82) is 0 Å². The maximum absolute atomic E-state index is 6.03. The van der Waals surface area contributed by atoms with Gasteiger partial charge >= 0.3 is 0 Å². The molecule has 0 unspecified atom stereocenters. The molecule has 3 nitrogen and oxygen atoms in total. The molecule has 1 saturated heterocycles. The SMILES string of the molecule is CCc1cc(Cl)nc(N2CCOC[C@H]2C)c1. The van der Waals surface area contributed by atoms with Crippen LogP contribution in [-0.2, 0) is 11.2 Å². The highest BCUT2D eigenvalue weighted by molar-refractivity contribution is 6.29. The van der Waals surface area contributed by atoms with E-state index < -0.39 is 0 Å². The van der Waals surface area contributed by atoms with Crippen molar-refractivity contribution in [2.75, 3.05) is 24.7 Å². The van der Waals surface area contributed by atoms with Crippen LogP contribution in [0.1, 0.15) is 19.4 Å². The summed E-state index contributed by atoms with van der Waals surface area (Å²) in [5, 5.41) is 0.577. The number of hydrogen-bond donors (Lipinski definition) is 0. The quantitative estimate of drug-likeness (QED) is 0.743.